The number of nitrogens with zero attached hydrogens (tertiary/aromatic N) is 2. The first-order chi connectivity index (χ1) is 10.2. The molecule has 3 rings (SSSR count). The molecule has 21 heavy (non-hydrogen) atoms. The highest BCUT2D eigenvalue weighted by Crippen LogP contribution is 2.33. The van der Waals surface area contributed by atoms with Crippen molar-refractivity contribution < 1.29 is 9.53 Å². The molecular formula is C15H23N3O2S. The van der Waals surface area contributed by atoms with Crippen LogP contribution in [0.3, 0.4) is 0 Å². The molecule has 116 valence electrons. The highest BCUT2D eigenvalue weighted by molar-refractivity contribution is 7.14. The fraction of sp³-hybridized carbons (Fsp3) is 0.733. The van der Waals surface area contributed by atoms with Gasteiger partial charge < -0.3 is 10.1 Å². The van der Waals surface area contributed by atoms with Gasteiger partial charge >= 0.3 is 0 Å². The van der Waals surface area contributed by atoms with Crippen LogP contribution in [-0.2, 0) is 16.1 Å². The Bertz CT molecular complexity index is 481. The van der Waals surface area contributed by atoms with Crippen LogP contribution >= 0.6 is 11.3 Å². The number of rotatable bonds is 6. The minimum Gasteiger partial charge on any atom is -0.381 e. The van der Waals surface area contributed by atoms with E-state index in [0.29, 0.717) is 12.0 Å². The number of carbonyl (C=O) groups excluding carboxylic acids is 1. The van der Waals surface area contributed by atoms with E-state index in [1.165, 1.54) is 12.8 Å². The Morgan fingerprint density at radius 1 is 1.52 bits per heavy atom. The Balaban J connectivity index is 1.49. The number of thiazole rings is 1. The van der Waals surface area contributed by atoms with Crippen molar-refractivity contribution >= 4 is 22.4 Å². The van der Waals surface area contributed by atoms with Gasteiger partial charge in [-0.2, -0.15) is 0 Å². The third-order valence-corrected chi connectivity index (χ3v) is 4.88. The van der Waals surface area contributed by atoms with Gasteiger partial charge in [0, 0.05) is 38.0 Å². The first kappa shape index (κ1) is 14.9. The lowest BCUT2D eigenvalue weighted by atomic mass is 10.0. The van der Waals surface area contributed by atoms with Gasteiger partial charge in [0.1, 0.15) is 0 Å². The molecule has 1 unspecified atom stereocenters. The predicted octanol–water partition coefficient (Wildman–Crippen LogP) is 2.17. The van der Waals surface area contributed by atoms with E-state index in [2.05, 4.69) is 15.7 Å². The third kappa shape index (κ3) is 4.02. The molecule has 0 spiro atoms. The Labute approximate surface area is 129 Å². The molecule has 1 aromatic rings. The van der Waals surface area contributed by atoms with Crippen LogP contribution in [0.5, 0.6) is 0 Å². The van der Waals surface area contributed by atoms with Gasteiger partial charge in [0.2, 0.25) is 5.91 Å². The molecule has 0 radical (unpaired) electrons. The maximum atomic E-state index is 11.7. The molecule has 0 bridgehead atoms. The zero-order valence-electron chi connectivity index (χ0n) is 12.5. The Morgan fingerprint density at radius 2 is 2.38 bits per heavy atom. The fourth-order valence-corrected chi connectivity index (χ4v) is 3.68. The molecule has 2 fully saturated rings. The highest BCUT2D eigenvalue weighted by Gasteiger charge is 2.33. The van der Waals surface area contributed by atoms with E-state index in [1.54, 1.807) is 18.3 Å². The van der Waals surface area contributed by atoms with Crippen LogP contribution in [0, 0.1) is 5.92 Å². The first-order valence-corrected chi connectivity index (χ1v) is 8.64. The first-order valence-electron chi connectivity index (χ1n) is 7.76. The van der Waals surface area contributed by atoms with Gasteiger partial charge in [-0.1, -0.05) is 0 Å². The number of ether oxygens (including phenoxy) is 1. The van der Waals surface area contributed by atoms with Crippen LogP contribution in [0.15, 0.2) is 5.38 Å². The summed E-state index contributed by atoms with van der Waals surface area (Å²) in [6.45, 7) is 5.15. The Morgan fingerprint density at radius 3 is 3.05 bits per heavy atom. The molecule has 1 aromatic heterocycles. The number of hydrogen-bond donors (Lipinski definition) is 1. The zero-order valence-corrected chi connectivity index (χ0v) is 13.3. The molecule has 0 aromatic carbocycles. The molecule has 1 atom stereocenters. The van der Waals surface area contributed by atoms with E-state index in [-0.39, 0.29) is 5.91 Å². The molecule has 1 amide bonds. The number of carbonyl (C=O) groups is 1. The second-order valence-corrected chi connectivity index (χ2v) is 6.79. The average Bonchev–Trinajstić information content (AvgIpc) is 3.19. The number of anilines is 1. The van der Waals surface area contributed by atoms with Crippen molar-refractivity contribution in [3.05, 3.63) is 11.1 Å². The van der Waals surface area contributed by atoms with Crippen molar-refractivity contribution in [3.8, 4) is 0 Å². The number of hydrogen-bond acceptors (Lipinski definition) is 5. The van der Waals surface area contributed by atoms with E-state index in [1.807, 2.05) is 4.90 Å². The summed E-state index contributed by atoms with van der Waals surface area (Å²) in [6, 6.07) is 0.383. The highest BCUT2D eigenvalue weighted by atomic mass is 32.1. The van der Waals surface area contributed by atoms with Crippen molar-refractivity contribution in [2.24, 2.45) is 5.92 Å². The standard InChI is InChI=1S/C15H23N3O2S/c1-11(19)18(14-4-5-14)15-17-13(10-21-15)8-16-7-12-3-2-6-20-9-12/h10,12,14,16H,2-9H2,1H3. The van der Waals surface area contributed by atoms with Gasteiger partial charge in [-0.15, -0.1) is 11.3 Å². The second-order valence-electron chi connectivity index (χ2n) is 5.96. The van der Waals surface area contributed by atoms with Crippen LogP contribution < -0.4 is 10.2 Å². The largest absolute Gasteiger partial charge is 0.381 e. The molecule has 1 saturated heterocycles. The van der Waals surface area contributed by atoms with Crippen molar-refractivity contribution in [3.63, 3.8) is 0 Å². The Hall–Kier alpha value is -0.980. The summed E-state index contributed by atoms with van der Waals surface area (Å²) in [5, 5.41) is 6.36. The topological polar surface area (TPSA) is 54.5 Å². The summed E-state index contributed by atoms with van der Waals surface area (Å²) in [5.74, 6) is 0.725. The summed E-state index contributed by atoms with van der Waals surface area (Å²) in [5.41, 5.74) is 1.03. The van der Waals surface area contributed by atoms with E-state index in [4.69, 9.17) is 4.74 Å². The lowest BCUT2D eigenvalue weighted by Gasteiger charge is -2.22. The van der Waals surface area contributed by atoms with Crippen LogP contribution in [-0.4, -0.2) is 36.7 Å². The number of amides is 1. The van der Waals surface area contributed by atoms with Crippen LogP contribution in [0.2, 0.25) is 0 Å². The second kappa shape index (κ2) is 6.85. The van der Waals surface area contributed by atoms with E-state index in [0.717, 1.165) is 50.0 Å². The molecule has 2 aliphatic rings. The monoisotopic (exact) mass is 309 g/mol. The maximum Gasteiger partial charge on any atom is 0.225 e. The van der Waals surface area contributed by atoms with Crippen molar-refractivity contribution in [1.29, 1.82) is 0 Å². The smallest absolute Gasteiger partial charge is 0.225 e. The number of nitrogens with one attached hydrogen (secondary N) is 1. The quantitative estimate of drug-likeness (QED) is 0.875. The van der Waals surface area contributed by atoms with Gasteiger partial charge in [-0.05, 0) is 31.6 Å². The van der Waals surface area contributed by atoms with E-state index >= 15 is 0 Å². The predicted molar refractivity (Wildman–Crippen MR) is 83.5 cm³/mol. The third-order valence-electron chi connectivity index (χ3n) is 3.99. The van der Waals surface area contributed by atoms with Crippen LogP contribution in [0.25, 0.3) is 0 Å². The summed E-state index contributed by atoms with van der Waals surface area (Å²) in [6.07, 6.45) is 4.63. The van der Waals surface area contributed by atoms with Crippen molar-refractivity contribution in [2.75, 3.05) is 24.7 Å². The minimum absolute atomic E-state index is 0.103. The minimum atomic E-state index is 0.103. The summed E-state index contributed by atoms with van der Waals surface area (Å²) < 4.78 is 5.48. The molecular weight excluding hydrogens is 286 g/mol. The molecule has 6 heteroatoms. The molecule has 2 heterocycles. The molecule has 1 saturated carbocycles. The molecule has 1 aliphatic heterocycles. The summed E-state index contributed by atoms with van der Waals surface area (Å²) >= 11 is 1.57. The SMILES string of the molecule is CC(=O)N(c1nc(CNCC2CCCOC2)cs1)C1CC1. The molecule has 1 aliphatic carbocycles. The summed E-state index contributed by atoms with van der Waals surface area (Å²) in [4.78, 5) is 18.2. The van der Waals surface area contributed by atoms with E-state index in [9.17, 15) is 4.79 Å². The van der Waals surface area contributed by atoms with Gasteiger partial charge in [-0.25, -0.2) is 4.98 Å². The molecule has 1 N–H and O–H groups in total. The Kier molecular flexibility index (Phi) is 4.87. The van der Waals surface area contributed by atoms with Gasteiger partial charge in [0.25, 0.3) is 0 Å². The normalized spacial score (nSPS) is 22.2. The lowest BCUT2D eigenvalue weighted by molar-refractivity contribution is -0.116. The van der Waals surface area contributed by atoms with Crippen LogP contribution in [0.1, 0.15) is 38.3 Å². The van der Waals surface area contributed by atoms with Gasteiger partial charge in [0.05, 0.1) is 12.3 Å². The van der Waals surface area contributed by atoms with Gasteiger partial charge in [-0.3, -0.25) is 9.69 Å². The van der Waals surface area contributed by atoms with Gasteiger partial charge in [0.15, 0.2) is 5.13 Å². The zero-order chi connectivity index (χ0) is 14.7. The maximum absolute atomic E-state index is 11.7. The number of aromatic nitrogens is 1. The van der Waals surface area contributed by atoms with Crippen molar-refractivity contribution in [2.45, 2.75) is 45.2 Å². The van der Waals surface area contributed by atoms with Crippen LogP contribution in [0.4, 0.5) is 5.13 Å². The lowest BCUT2D eigenvalue weighted by Crippen LogP contribution is -2.31. The fourth-order valence-electron chi connectivity index (χ4n) is 2.74. The van der Waals surface area contributed by atoms with E-state index < -0.39 is 0 Å². The van der Waals surface area contributed by atoms with Crippen molar-refractivity contribution in [1.82, 2.24) is 10.3 Å². The molecule has 5 nitrogen and oxygen atoms in total. The summed E-state index contributed by atoms with van der Waals surface area (Å²) in [7, 11) is 0. The average molecular weight is 309 g/mol.